The van der Waals surface area contributed by atoms with Crippen LogP contribution in [0.4, 0.5) is 5.69 Å². The van der Waals surface area contributed by atoms with Crippen LogP contribution in [-0.2, 0) is 11.2 Å². The van der Waals surface area contributed by atoms with Gasteiger partial charge in [0.25, 0.3) is 0 Å². The van der Waals surface area contributed by atoms with Gasteiger partial charge in [-0.2, -0.15) is 0 Å². The first-order valence-electron chi connectivity index (χ1n) is 6.38. The van der Waals surface area contributed by atoms with E-state index in [0.717, 1.165) is 44.5 Å². The molecule has 1 aliphatic rings. The molecule has 1 saturated heterocycles. The van der Waals surface area contributed by atoms with Gasteiger partial charge < -0.3 is 10.6 Å². The average Bonchev–Trinajstić information content (AvgIpc) is 2.52. The van der Waals surface area contributed by atoms with E-state index in [1.165, 1.54) is 12.0 Å². The van der Waals surface area contributed by atoms with E-state index >= 15 is 0 Å². The molecular weight excluding hydrogens is 212 g/mol. The number of likely N-dealkylation sites (tertiary alicyclic amines) is 1. The second-order valence-corrected chi connectivity index (χ2v) is 4.69. The molecule has 1 heterocycles. The van der Waals surface area contributed by atoms with Gasteiger partial charge in [0, 0.05) is 25.2 Å². The number of benzene rings is 1. The Morgan fingerprint density at radius 3 is 2.94 bits per heavy atom. The standard InChI is InChI=1S/C14H20N2O/c15-13-6-4-5-12(11-13)8-10-16-9-3-1-2-7-14(16)17/h4-6,11H,1-3,7-10,15H2. The van der Waals surface area contributed by atoms with Gasteiger partial charge in [-0.15, -0.1) is 0 Å². The largest absolute Gasteiger partial charge is 0.399 e. The van der Waals surface area contributed by atoms with Crippen LogP contribution < -0.4 is 5.73 Å². The summed E-state index contributed by atoms with van der Waals surface area (Å²) in [4.78, 5) is 13.8. The molecule has 1 fully saturated rings. The normalized spacial score (nSPS) is 16.9. The quantitative estimate of drug-likeness (QED) is 0.812. The zero-order valence-corrected chi connectivity index (χ0v) is 10.2. The smallest absolute Gasteiger partial charge is 0.222 e. The van der Waals surface area contributed by atoms with Gasteiger partial charge in [-0.25, -0.2) is 0 Å². The lowest BCUT2D eigenvalue weighted by Crippen LogP contribution is -2.32. The first kappa shape index (κ1) is 12.0. The second kappa shape index (κ2) is 5.71. The van der Waals surface area contributed by atoms with Gasteiger partial charge in [0.1, 0.15) is 0 Å². The molecule has 0 aromatic heterocycles. The van der Waals surface area contributed by atoms with Crippen LogP contribution in [0.25, 0.3) is 0 Å². The molecule has 3 heteroatoms. The molecule has 0 saturated carbocycles. The number of nitrogen functional groups attached to an aromatic ring is 1. The van der Waals surface area contributed by atoms with E-state index in [2.05, 4.69) is 6.07 Å². The molecule has 0 bridgehead atoms. The third kappa shape index (κ3) is 3.48. The minimum Gasteiger partial charge on any atom is -0.399 e. The van der Waals surface area contributed by atoms with Crippen LogP contribution in [0.3, 0.4) is 0 Å². The topological polar surface area (TPSA) is 46.3 Å². The predicted molar refractivity (Wildman–Crippen MR) is 69.6 cm³/mol. The molecule has 0 spiro atoms. The van der Waals surface area contributed by atoms with Crippen molar-refractivity contribution in [3.05, 3.63) is 29.8 Å². The van der Waals surface area contributed by atoms with Gasteiger partial charge >= 0.3 is 0 Å². The fraction of sp³-hybridized carbons (Fsp3) is 0.500. The summed E-state index contributed by atoms with van der Waals surface area (Å²) in [5.41, 5.74) is 7.75. The lowest BCUT2D eigenvalue weighted by atomic mass is 10.1. The van der Waals surface area contributed by atoms with E-state index in [1.54, 1.807) is 0 Å². The molecule has 1 aromatic rings. The van der Waals surface area contributed by atoms with Gasteiger partial charge in [0.05, 0.1) is 0 Å². The van der Waals surface area contributed by atoms with Crippen LogP contribution in [0.2, 0.25) is 0 Å². The molecule has 2 rings (SSSR count). The summed E-state index contributed by atoms with van der Waals surface area (Å²) in [5, 5.41) is 0. The van der Waals surface area contributed by atoms with Crippen molar-refractivity contribution in [2.24, 2.45) is 0 Å². The molecular formula is C14H20N2O. The van der Waals surface area contributed by atoms with E-state index in [4.69, 9.17) is 5.73 Å². The average molecular weight is 232 g/mol. The molecule has 1 aliphatic heterocycles. The Balaban J connectivity index is 1.90. The monoisotopic (exact) mass is 232 g/mol. The van der Waals surface area contributed by atoms with Crippen molar-refractivity contribution in [1.82, 2.24) is 4.90 Å². The number of anilines is 1. The highest BCUT2D eigenvalue weighted by molar-refractivity contribution is 5.76. The van der Waals surface area contributed by atoms with Crippen LogP contribution in [0.5, 0.6) is 0 Å². The van der Waals surface area contributed by atoms with Crippen molar-refractivity contribution >= 4 is 11.6 Å². The highest BCUT2D eigenvalue weighted by Crippen LogP contribution is 2.13. The van der Waals surface area contributed by atoms with Gasteiger partial charge in [0.15, 0.2) is 0 Å². The summed E-state index contributed by atoms with van der Waals surface area (Å²) in [7, 11) is 0. The summed E-state index contributed by atoms with van der Waals surface area (Å²) in [6.45, 7) is 1.74. The molecule has 0 aliphatic carbocycles. The number of hydrogen-bond acceptors (Lipinski definition) is 2. The third-order valence-corrected chi connectivity index (χ3v) is 3.29. The molecule has 92 valence electrons. The molecule has 1 amide bonds. The first-order chi connectivity index (χ1) is 8.25. The van der Waals surface area contributed by atoms with Crippen molar-refractivity contribution in [3.63, 3.8) is 0 Å². The molecule has 0 radical (unpaired) electrons. The Labute approximate surface area is 103 Å². The third-order valence-electron chi connectivity index (χ3n) is 3.29. The van der Waals surface area contributed by atoms with Gasteiger partial charge in [-0.05, 0) is 37.0 Å². The van der Waals surface area contributed by atoms with Crippen molar-refractivity contribution in [2.45, 2.75) is 32.1 Å². The van der Waals surface area contributed by atoms with E-state index < -0.39 is 0 Å². The Morgan fingerprint density at radius 1 is 1.24 bits per heavy atom. The molecule has 17 heavy (non-hydrogen) atoms. The van der Waals surface area contributed by atoms with Gasteiger partial charge in [0.2, 0.25) is 5.91 Å². The van der Waals surface area contributed by atoms with Gasteiger partial charge in [-0.3, -0.25) is 4.79 Å². The number of hydrogen-bond donors (Lipinski definition) is 1. The SMILES string of the molecule is Nc1cccc(CCN2CCCCCC2=O)c1. The molecule has 1 aromatic carbocycles. The number of nitrogens with two attached hydrogens (primary N) is 1. The zero-order valence-electron chi connectivity index (χ0n) is 10.2. The maximum Gasteiger partial charge on any atom is 0.222 e. The fourth-order valence-corrected chi connectivity index (χ4v) is 2.29. The first-order valence-corrected chi connectivity index (χ1v) is 6.38. The summed E-state index contributed by atoms with van der Waals surface area (Å²) in [5.74, 6) is 0.311. The van der Waals surface area contributed by atoms with Crippen LogP contribution >= 0.6 is 0 Å². The van der Waals surface area contributed by atoms with Crippen molar-refractivity contribution < 1.29 is 4.79 Å². The van der Waals surface area contributed by atoms with Crippen LogP contribution in [-0.4, -0.2) is 23.9 Å². The Bertz CT molecular complexity index is 390. The second-order valence-electron chi connectivity index (χ2n) is 4.69. The van der Waals surface area contributed by atoms with Crippen molar-refractivity contribution in [3.8, 4) is 0 Å². The maximum atomic E-state index is 11.8. The number of nitrogens with zero attached hydrogens (tertiary/aromatic N) is 1. The predicted octanol–water partition coefficient (Wildman–Crippen LogP) is 2.21. The maximum absolute atomic E-state index is 11.8. The Kier molecular flexibility index (Phi) is 4.02. The fourth-order valence-electron chi connectivity index (χ4n) is 2.29. The number of carbonyl (C=O) groups excluding carboxylic acids is 1. The minimum absolute atomic E-state index is 0.311. The number of rotatable bonds is 3. The van der Waals surface area contributed by atoms with Crippen molar-refractivity contribution in [1.29, 1.82) is 0 Å². The van der Waals surface area contributed by atoms with Crippen LogP contribution in [0, 0.1) is 0 Å². The molecule has 2 N–H and O–H groups in total. The molecule has 0 atom stereocenters. The van der Waals surface area contributed by atoms with Crippen LogP contribution in [0.15, 0.2) is 24.3 Å². The molecule has 3 nitrogen and oxygen atoms in total. The Morgan fingerprint density at radius 2 is 2.12 bits per heavy atom. The summed E-state index contributed by atoms with van der Waals surface area (Å²) in [6, 6.07) is 7.91. The lowest BCUT2D eigenvalue weighted by Gasteiger charge is -2.20. The van der Waals surface area contributed by atoms with Gasteiger partial charge in [-0.1, -0.05) is 18.6 Å². The number of carbonyl (C=O) groups is 1. The Hall–Kier alpha value is -1.51. The van der Waals surface area contributed by atoms with Crippen molar-refractivity contribution in [2.75, 3.05) is 18.8 Å². The molecule has 0 unspecified atom stereocenters. The minimum atomic E-state index is 0.311. The highest BCUT2D eigenvalue weighted by Gasteiger charge is 2.15. The van der Waals surface area contributed by atoms with E-state index in [9.17, 15) is 4.79 Å². The van der Waals surface area contributed by atoms with E-state index in [0.29, 0.717) is 5.91 Å². The van der Waals surface area contributed by atoms with E-state index in [1.807, 2.05) is 23.1 Å². The summed E-state index contributed by atoms with van der Waals surface area (Å²) < 4.78 is 0. The van der Waals surface area contributed by atoms with E-state index in [-0.39, 0.29) is 0 Å². The lowest BCUT2D eigenvalue weighted by molar-refractivity contribution is -0.130. The zero-order chi connectivity index (χ0) is 12.1. The van der Waals surface area contributed by atoms with Crippen LogP contribution in [0.1, 0.15) is 31.2 Å². The number of amides is 1. The summed E-state index contributed by atoms with van der Waals surface area (Å²) in [6.07, 6.45) is 4.99. The highest BCUT2D eigenvalue weighted by atomic mass is 16.2. The summed E-state index contributed by atoms with van der Waals surface area (Å²) >= 11 is 0.